The van der Waals surface area contributed by atoms with E-state index in [1.165, 1.54) is 38.4 Å². The molecule has 2 heterocycles. The van der Waals surface area contributed by atoms with Gasteiger partial charge in [-0.3, -0.25) is 0 Å². The molecule has 1 aromatic rings. The van der Waals surface area contributed by atoms with Gasteiger partial charge in [0.1, 0.15) is 4.88 Å². The number of halogens is 1. The van der Waals surface area contributed by atoms with Crippen molar-refractivity contribution < 1.29 is 9.53 Å². The maximum atomic E-state index is 12.2. The lowest BCUT2D eigenvalue weighted by Gasteiger charge is -2.35. The van der Waals surface area contributed by atoms with Crippen molar-refractivity contribution in [3.63, 3.8) is 0 Å². The van der Waals surface area contributed by atoms with Gasteiger partial charge in [0, 0.05) is 18.7 Å². The second kappa shape index (κ2) is 10.2. The zero-order valence-corrected chi connectivity index (χ0v) is 19.7. The van der Waals surface area contributed by atoms with Crippen LogP contribution in [0.1, 0.15) is 68.1 Å². The Morgan fingerprint density at radius 2 is 1.92 bits per heavy atom. The molecule has 146 valence electrons. The molecule has 1 aliphatic heterocycles. The molecular weight excluding hydrogens is 457 g/mol. The molecule has 0 N–H and O–H groups in total. The summed E-state index contributed by atoms with van der Waals surface area (Å²) >= 11 is 3.87. The number of hydrogen-bond acceptors (Lipinski definition) is 4. The van der Waals surface area contributed by atoms with Crippen molar-refractivity contribution in [2.24, 2.45) is 11.8 Å². The standard InChI is InChI=1S/C19H26INO2S.C2H6/c1-12-4-6-13(7-5-12)14-8-9-21(2)11-16(14)15-10-17(20)24-18(15)19(22)23-3;1-2/h10,12-13H,4-9,11H2,1-3H3;1-2H3. The second-order valence-electron chi connectivity index (χ2n) is 7.23. The van der Waals surface area contributed by atoms with Gasteiger partial charge >= 0.3 is 5.97 Å². The molecule has 1 fully saturated rings. The van der Waals surface area contributed by atoms with Gasteiger partial charge in [-0.05, 0) is 72.4 Å². The van der Waals surface area contributed by atoms with E-state index >= 15 is 0 Å². The minimum absolute atomic E-state index is 0.199. The highest BCUT2D eigenvalue weighted by atomic mass is 127. The molecule has 0 aromatic carbocycles. The third-order valence-electron chi connectivity index (χ3n) is 5.49. The Balaban J connectivity index is 0.00000117. The highest BCUT2D eigenvalue weighted by molar-refractivity contribution is 14.1. The van der Waals surface area contributed by atoms with Crippen LogP contribution in [0.3, 0.4) is 0 Å². The lowest BCUT2D eigenvalue weighted by molar-refractivity contribution is 0.0606. The Labute approximate surface area is 176 Å². The maximum absolute atomic E-state index is 12.2. The van der Waals surface area contributed by atoms with Gasteiger partial charge in [0.25, 0.3) is 0 Å². The van der Waals surface area contributed by atoms with Crippen molar-refractivity contribution in [1.82, 2.24) is 4.90 Å². The first-order valence-corrected chi connectivity index (χ1v) is 11.7. The van der Waals surface area contributed by atoms with Crippen molar-refractivity contribution >= 4 is 45.5 Å². The fraction of sp³-hybridized carbons (Fsp3) is 0.667. The predicted octanol–water partition coefficient (Wildman–Crippen LogP) is 6.08. The third-order valence-corrected chi connectivity index (χ3v) is 7.36. The largest absolute Gasteiger partial charge is 0.465 e. The summed E-state index contributed by atoms with van der Waals surface area (Å²) < 4.78 is 6.19. The molecule has 0 amide bonds. The summed E-state index contributed by atoms with van der Waals surface area (Å²) in [4.78, 5) is 15.4. The number of nitrogens with zero attached hydrogens (tertiary/aromatic N) is 1. The van der Waals surface area contributed by atoms with Crippen LogP contribution in [0, 0.1) is 14.7 Å². The van der Waals surface area contributed by atoms with E-state index in [1.807, 2.05) is 13.8 Å². The molecule has 3 nitrogen and oxygen atoms in total. The van der Waals surface area contributed by atoms with Crippen molar-refractivity contribution in [1.29, 1.82) is 0 Å². The van der Waals surface area contributed by atoms with Gasteiger partial charge in [-0.15, -0.1) is 11.3 Å². The van der Waals surface area contributed by atoms with Crippen LogP contribution in [0.25, 0.3) is 5.57 Å². The van der Waals surface area contributed by atoms with E-state index in [0.717, 1.165) is 38.8 Å². The van der Waals surface area contributed by atoms with E-state index in [0.29, 0.717) is 5.92 Å². The summed E-state index contributed by atoms with van der Waals surface area (Å²) in [6.07, 6.45) is 6.42. The van der Waals surface area contributed by atoms with E-state index in [4.69, 9.17) is 4.74 Å². The Hall–Kier alpha value is -0.400. The number of ether oxygens (including phenoxy) is 1. The van der Waals surface area contributed by atoms with Crippen LogP contribution in [0.5, 0.6) is 0 Å². The number of rotatable bonds is 3. The van der Waals surface area contributed by atoms with Gasteiger partial charge < -0.3 is 9.64 Å². The van der Waals surface area contributed by atoms with Crippen molar-refractivity contribution in [2.75, 3.05) is 27.2 Å². The van der Waals surface area contributed by atoms with Gasteiger partial charge in [0.15, 0.2) is 0 Å². The first-order chi connectivity index (χ1) is 12.5. The fourth-order valence-corrected chi connectivity index (χ4v) is 5.86. The zero-order chi connectivity index (χ0) is 19.3. The number of carbonyl (C=O) groups excluding carboxylic acids is 1. The van der Waals surface area contributed by atoms with Crippen LogP contribution in [0.2, 0.25) is 0 Å². The van der Waals surface area contributed by atoms with Crippen LogP contribution in [-0.4, -0.2) is 38.1 Å². The van der Waals surface area contributed by atoms with Gasteiger partial charge in [-0.1, -0.05) is 39.2 Å². The Morgan fingerprint density at radius 1 is 1.27 bits per heavy atom. The number of thiophene rings is 1. The van der Waals surface area contributed by atoms with Crippen molar-refractivity contribution in [3.05, 3.63) is 25.0 Å². The quantitative estimate of drug-likeness (QED) is 0.381. The normalized spacial score (nSPS) is 24.1. The molecule has 5 heteroatoms. The molecule has 2 aliphatic rings. The van der Waals surface area contributed by atoms with Gasteiger partial charge in [0.2, 0.25) is 0 Å². The van der Waals surface area contributed by atoms with Crippen LogP contribution in [0.4, 0.5) is 0 Å². The molecular formula is C21H32INO2S. The van der Waals surface area contributed by atoms with E-state index in [9.17, 15) is 4.79 Å². The minimum atomic E-state index is -0.199. The summed E-state index contributed by atoms with van der Waals surface area (Å²) in [6, 6.07) is 2.18. The number of carbonyl (C=O) groups is 1. The summed E-state index contributed by atoms with van der Waals surface area (Å²) in [5.74, 6) is 1.37. The van der Waals surface area contributed by atoms with Crippen LogP contribution >= 0.6 is 33.9 Å². The molecule has 26 heavy (non-hydrogen) atoms. The SMILES string of the molecule is CC.COC(=O)c1sc(I)cc1C1=C(C2CCC(C)CC2)CCN(C)C1. The monoisotopic (exact) mass is 489 g/mol. The molecule has 1 saturated carbocycles. The summed E-state index contributed by atoms with van der Waals surface area (Å²) in [5, 5.41) is 0. The smallest absolute Gasteiger partial charge is 0.348 e. The first-order valence-electron chi connectivity index (χ1n) is 9.78. The first kappa shape index (κ1) is 21.9. The van der Waals surface area contributed by atoms with Crippen molar-refractivity contribution in [2.45, 2.75) is 52.9 Å². The number of esters is 1. The number of methoxy groups -OCH3 is 1. The highest BCUT2D eigenvalue weighted by Gasteiger charge is 2.30. The van der Waals surface area contributed by atoms with E-state index < -0.39 is 0 Å². The molecule has 1 aliphatic carbocycles. The molecule has 0 bridgehead atoms. The summed E-state index contributed by atoms with van der Waals surface area (Å²) in [5.41, 5.74) is 4.12. The average Bonchev–Trinajstić information content (AvgIpc) is 3.05. The lowest BCUT2D eigenvalue weighted by atomic mass is 9.75. The highest BCUT2D eigenvalue weighted by Crippen LogP contribution is 2.42. The molecule has 1 aromatic heterocycles. The molecule has 3 rings (SSSR count). The fourth-order valence-electron chi connectivity index (χ4n) is 4.06. The topological polar surface area (TPSA) is 29.5 Å². The van der Waals surface area contributed by atoms with Crippen LogP contribution < -0.4 is 0 Å². The number of likely N-dealkylation sites (N-methyl/N-ethyl adjacent to an activating group) is 1. The lowest BCUT2D eigenvalue weighted by Crippen LogP contribution is -2.30. The van der Waals surface area contributed by atoms with Crippen LogP contribution in [0.15, 0.2) is 11.6 Å². The molecule has 0 radical (unpaired) electrons. The second-order valence-corrected chi connectivity index (χ2v) is 10.2. The van der Waals surface area contributed by atoms with E-state index in [2.05, 4.69) is 47.5 Å². The molecule has 0 atom stereocenters. The Bertz CT molecular complexity index is 644. The maximum Gasteiger partial charge on any atom is 0.348 e. The zero-order valence-electron chi connectivity index (χ0n) is 16.7. The van der Waals surface area contributed by atoms with Gasteiger partial charge in [-0.2, -0.15) is 0 Å². The number of hydrogen-bond donors (Lipinski definition) is 0. The minimum Gasteiger partial charge on any atom is -0.465 e. The average molecular weight is 489 g/mol. The van der Waals surface area contributed by atoms with E-state index in [1.54, 1.807) is 16.9 Å². The third kappa shape index (κ3) is 5.10. The van der Waals surface area contributed by atoms with Gasteiger partial charge in [0.05, 0.1) is 9.99 Å². The molecule has 0 saturated heterocycles. The van der Waals surface area contributed by atoms with Gasteiger partial charge in [-0.25, -0.2) is 4.79 Å². The summed E-state index contributed by atoms with van der Waals surface area (Å²) in [6.45, 7) is 8.44. The summed E-state index contributed by atoms with van der Waals surface area (Å²) in [7, 11) is 3.65. The Kier molecular flexibility index (Phi) is 8.61. The molecule has 0 unspecified atom stereocenters. The van der Waals surface area contributed by atoms with E-state index in [-0.39, 0.29) is 5.97 Å². The predicted molar refractivity (Wildman–Crippen MR) is 120 cm³/mol. The van der Waals surface area contributed by atoms with Crippen LogP contribution in [-0.2, 0) is 4.74 Å². The van der Waals surface area contributed by atoms with Crippen molar-refractivity contribution in [3.8, 4) is 0 Å². The molecule has 0 spiro atoms. The Morgan fingerprint density at radius 3 is 2.54 bits per heavy atom.